The smallest absolute Gasteiger partial charge is 0.243 e. The van der Waals surface area contributed by atoms with Gasteiger partial charge in [-0.05, 0) is 48.9 Å². The van der Waals surface area contributed by atoms with Crippen LogP contribution in [-0.2, 0) is 10.0 Å². The minimum Gasteiger partial charge on any atom is -0.316 e. The molecule has 1 atom stereocenters. The lowest BCUT2D eigenvalue weighted by Crippen LogP contribution is -2.33. The lowest BCUT2D eigenvalue weighted by Gasteiger charge is -2.16. The molecule has 0 unspecified atom stereocenters. The van der Waals surface area contributed by atoms with Crippen LogP contribution in [0.1, 0.15) is 12.0 Å². The molecular weight excluding hydrogens is 322 g/mol. The van der Waals surface area contributed by atoms with E-state index in [4.69, 9.17) is 5.26 Å². The molecule has 0 bridgehead atoms. The van der Waals surface area contributed by atoms with Gasteiger partial charge >= 0.3 is 0 Å². The first-order valence-corrected chi connectivity index (χ1v) is 9.26. The Labute approximate surface area is 142 Å². The number of hydrogen-bond donors (Lipinski definition) is 1. The number of sulfonamides is 1. The van der Waals surface area contributed by atoms with E-state index < -0.39 is 10.0 Å². The minimum atomic E-state index is -3.44. The highest BCUT2D eigenvalue weighted by molar-refractivity contribution is 7.89. The molecule has 0 saturated carbocycles. The summed E-state index contributed by atoms with van der Waals surface area (Å²) in [6.07, 6.45) is 0.832. The third kappa shape index (κ3) is 3.20. The third-order valence-electron chi connectivity index (χ3n) is 4.40. The Hall–Kier alpha value is -2.20. The molecule has 24 heavy (non-hydrogen) atoms. The van der Waals surface area contributed by atoms with E-state index >= 15 is 0 Å². The highest BCUT2D eigenvalue weighted by Gasteiger charge is 2.31. The van der Waals surface area contributed by atoms with E-state index in [0.29, 0.717) is 23.5 Å². The quantitative estimate of drug-likeness (QED) is 0.925. The van der Waals surface area contributed by atoms with E-state index in [1.165, 1.54) is 4.31 Å². The van der Waals surface area contributed by atoms with Gasteiger partial charge in [0.15, 0.2) is 0 Å². The molecule has 5 nitrogen and oxygen atoms in total. The monoisotopic (exact) mass is 341 g/mol. The van der Waals surface area contributed by atoms with Crippen molar-refractivity contribution in [2.24, 2.45) is 0 Å². The molecule has 2 aromatic carbocycles. The second-order valence-electron chi connectivity index (χ2n) is 5.85. The number of likely N-dealkylation sites (N-methyl/N-ethyl adjacent to an activating group) is 1. The maximum atomic E-state index is 12.7. The van der Waals surface area contributed by atoms with Crippen molar-refractivity contribution in [3.8, 4) is 17.2 Å². The van der Waals surface area contributed by atoms with Gasteiger partial charge in [-0.3, -0.25) is 0 Å². The number of nitrogens with zero attached hydrogens (tertiary/aromatic N) is 2. The van der Waals surface area contributed by atoms with Crippen LogP contribution in [0.5, 0.6) is 0 Å². The maximum Gasteiger partial charge on any atom is 0.243 e. The molecule has 1 aliphatic heterocycles. The van der Waals surface area contributed by atoms with E-state index in [9.17, 15) is 8.42 Å². The largest absolute Gasteiger partial charge is 0.316 e. The molecular formula is C18H19N3O2S. The van der Waals surface area contributed by atoms with E-state index in [0.717, 1.165) is 17.5 Å². The Bertz CT molecular complexity index is 853. The van der Waals surface area contributed by atoms with Crippen molar-refractivity contribution < 1.29 is 8.42 Å². The summed E-state index contributed by atoms with van der Waals surface area (Å²) in [5, 5.41) is 12.0. The fourth-order valence-electron chi connectivity index (χ4n) is 2.89. The molecule has 0 radical (unpaired) electrons. The van der Waals surface area contributed by atoms with Crippen LogP contribution in [0.3, 0.4) is 0 Å². The van der Waals surface area contributed by atoms with Gasteiger partial charge in [-0.1, -0.05) is 24.3 Å². The zero-order valence-electron chi connectivity index (χ0n) is 13.4. The van der Waals surface area contributed by atoms with Crippen LogP contribution < -0.4 is 5.32 Å². The van der Waals surface area contributed by atoms with Gasteiger partial charge in [-0.2, -0.15) is 9.57 Å². The SMILES string of the molecule is CN[C@@H]1CCN(S(=O)(=O)c2ccc(-c3ccc(C#N)cc3)cc2)C1. The Balaban J connectivity index is 1.82. The zero-order valence-corrected chi connectivity index (χ0v) is 14.3. The van der Waals surface area contributed by atoms with Gasteiger partial charge in [-0.15, -0.1) is 0 Å². The van der Waals surface area contributed by atoms with Crippen molar-refractivity contribution in [3.05, 3.63) is 54.1 Å². The molecule has 0 spiro atoms. The molecule has 3 rings (SSSR count). The molecule has 1 saturated heterocycles. The Morgan fingerprint density at radius 2 is 1.67 bits per heavy atom. The third-order valence-corrected chi connectivity index (χ3v) is 6.28. The Morgan fingerprint density at radius 3 is 2.17 bits per heavy atom. The molecule has 124 valence electrons. The lowest BCUT2D eigenvalue weighted by molar-refractivity contribution is 0.464. The maximum absolute atomic E-state index is 12.7. The van der Waals surface area contributed by atoms with Crippen LogP contribution in [-0.4, -0.2) is 38.9 Å². The molecule has 0 aromatic heterocycles. The summed E-state index contributed by atoms with van der Waals surface area (Å²) in [5.41, 5.74) is 2.48. The van der Waals surface area contributed by atoms with E-state index in [-0.39, 0.29) is 6.04 Å². The molecule has 6 heteroatoms. The van der Waals surface area contributed by atoms with Gasteiger partial charge in [0, 0.05) is 19.1 Å². The van der Waals surface area contributed by atoms with Gasteiger partial charge in [-0.25, -0.2) is 8.42 Å². The van der Waals surface area contributed by atoms with Crippen LogP contribution in [0.4, 0.5) is 0 Å². The first-order chi connectivity index (χ1) is 11.5. The van der Waals surface area contributed by atoms with E-state index in [2.05, 4.69) is 11.4 Å². The van der Waals surface area contributed by atoms with Gasteiger partial charge in [0.25, 0.3) is 0 Å². The first-order valence-electron chi connectivity index (χ1n) is 7.82. The summed E-state index contributed by atoms with van der Waals surface area (Å²) in [6, 6.07) is 16.4. The van der Waals surface area contributed by atoms with Gasteiger partial charge in [0.2, 0.25) is 10.0 Å². The molecule has 1 fully saturated rings. The van der Waals surface area contributed by atoms with Gasteiger partial charge in [0.1, 0.15) is 0 Å². The van der Waals surface area contributed by atoms with Crippen LogP contribution >= 0.6 is 0 Å². The number of rotatable bonds is 4. The summed E-state index contributed by atoms with van der Waals surface area (Å²) in [6.45, 7) is 1.06. The van der Waals surface area contributed by atoms with Crippen molar-refractivity contribution in [2.75, 3.05) is 20.1 Å². The number of nitrogens with one attached hydrogen (secondary N) is 1. The van der Waals surface area contributed by atoms with Crippen molar-refractivity contribution in [2.45, 2.75) is 17.4 Å². The van der Waals surface area contributed by atoms with Crippen molar-refractivity contribution in [1.82, 2.24) is 9.62 Å². The Kier molecular flexibility index (Phi) is 4.67. The summed E-state index contributed by atoms with van der Waals surface area (Å²) >= 11 is 0. The van der Waals surface area contributed by atoms with Crippen LogP contribution in [0.25, 0.3) is 11.1 Å². The predicted molar refractivity (Wildman–Crippen MR) is 92.8 cm³/mol. The van der Waals surface area contributed by atoms with Crippen molar-refractivity contribution in [1.29, 1.82) is 5.26 Å². The van der Waals surface area contributed by atoms with E-state index in [1.54, 1.807) is 36.4 Å². The van der Waals surface area contributed by atoms with E-state index in [1.807, 2.05) is 19.2 Å². The highest BCUT2D eigenvalue weighted by atomic mass is 32.2. The summed E-state index contributed by atoms with van der Waals surface area (Å²) in [7, 11) is -1.59. The van der Waals surface area contributed by atoms with Crippen molar-refractivity contribution >= 4 is 10.0 Å². The van der Waals surface area contributed by atoms with Crippen LogP contribution in [0.15, 0.2) is 53.4 Å². The molecule has 1 aliphatic rings. The van der Waals surface area contributed by atoms with Crippen molar-refractivity contribution in [3.63, 3.8) is 0 Å². The minimum absolute atomic E-state index is 0.220. The molecule has 0 amide bonds. The first kappa shape index (κ1) is 16.7. The predicted octanol–water partition coefficient (Wildman–Crippen LogP) is 2.21. The number of hydrogen-bond acceptors (Lipinski definition) is 4. The fourth-order valence-corrected chi connectivity index (χ4v) is 4.39. The average Bonchev–Trinajstić information content (AvgIpc) is 3.12. The molecule has 1 N–H and O–H groups in total. The fraction of sp³-hybridized carbons (Fsp3) is 0.278. The normalized spacial score (nSPS) is 18.4. The number of benzene rings is 2. The number of nitriles is 1. The average molecular weight is 341 g/mol. The van der Waals surface area contributed by atoms with Gasteiger partial charge < -0.3 is 5.32 Å². The topological polar surface area (TPSA) is 73.2 Å². The summed E-state index contributed by atoms with van der Waals surface area (Å²) < 4.78 is 26.9. The molecule has 2 aromatic rings. The zero-order chi connectivity index (χ0) is 17.2. The second kappa shape index (κ2) is 6.73. The molecule has 1 heterocycles. The van der Waals surface area contributed by atoms with Crippen LogP contribution in [0, 0.1) is 11.3 Å². The second-order valence-corrected chi connectivity index (χ2v) is 7.79. The highest BCUT2D eigenvalue weighted by Crippen LogP contribution is 2.25. The lowest BCUT2D eigenvalue weighted by atomic mass is 10.0. The molecule has 0 aliphatic carbocycles. The van der Waals surface area contributed by atoms with Gasteiger partial charge in [0.05, 0.1) is 16.5 Å². The van der Waals surface area contributed by atoms with Crippen LogP contribution in [0.2, 0.25) is 0 Å². The Morgan fingerprint density at radius 1 is 1.08 bits per heavy atom. The standard InChI is InChI=1S/C18H19N3O2S/c1-20-17-10-11-21(13-17)24(22,23)18-8-6-16(7-9-18)15-4-2-14(12-19)3-5-15/h2-9,17,20H,10-11,13H2,1H3/t17-/m1/s1. The summed E-state index contributed by atoms with van der Waals surface area (Å²) in [5.74, 6) is 0. The summed E-state index contributed by atoms with van der Waals surface area (Å²) in [4.78, 5) is 0.316.